The number of carbonyl (C=O) groups is 2. The zero-order valence-electron chi connectivity index (χ0n) is 11.9. The van der Waals surface area contributed by atoms with E-state index in [0.717, 1.165) is 0 Å². The lowest BCUT2D eigenvalue weighted by atomic mass is 10.1. The predicted molar refractivity (Wildman–Crippen MR) is 68.5 cm³/mol. The van der Waals surface area contributed by atoms with Crippen LogP contribution in [-0.2, 0) is 9.47 Å². The van der Waals surface area contributed by atoms with Crippen LogP contribution in [0.3, 0.4) is 0 Å². The van der Waals surface area contributed by atoms with Gasteiger partial charge in [-0.2, -0.15) is 0 Å². The van der Waals surface area contributed by atoms with E-state index < -0.39 is 6.09 Å². The SMILES string of the molecule is CCNC(=O)OC(C)CC(C)N(C)C(=O)OCC. The molecule has 2 amide bonds. The summed E-state index contributed by atoms with van der Waals surface area (Å²) in [4.78, 5) is 24.2. The summed E-state index contributed by atoms with van der Waals surface area (Å²) >= 11 is 0. The molecule has 0 aliphatic heterocycles. The number of carbonyl (C=O) groups excluding carboxylic acids is 2. The van der Waals surface area contributed by atoms with E-state index in [4.69, 9.17) is 9.47 Å². The van der Waals surface area contributed by atoms with Crippen LogP contribution in [0.15, 0.2) is 0 Å². The smallest absolute Gasteiger partial charge is 0.409 e. The maximum Gasteiger partial charge on any atom is 0.409 e. The fraction of sp³-hybridized carbons (Fsp3) is 0.833. The monoisotopic (exact) mass is 260 g/mol. The van der Waals surface area contributed by atoms with E-state index in [2.05, 4.69) is 5.32 Å². The third-order valence-electron chi connectivity index (χ3n) is 2.52. The van der Waals surface area contributed by atoms with Gasteiger partial charge in [-0.05, 0) is 27.7 Å². The molecular weight excluding hydrogens is 236 g/mol. The molecule has 0 fully saturated rings. The summed E-state index contributed by atoms with van der Waals surface area (Å²) in [5.74, 6) is 0. The van der Waals surface area contributed by atoms with E-state index in [1.165, 1.54) is 4.90 Å². The molecule has 2 unspecified atom stereocenters. The van der Waals surface area contributed by atoms with Gasteiger partial charge in [-0.25, -0.2) is 9.59 Å². The Morgan fingerprint density at radius 1 is 1.28 bits per heavy atom. The molecule has 6 heteroatoms. The number of hydrogen-bond donors (Lipinski definition) is 1. The lowest BCUT2D eigenvalue weighted by Gasteiger charge is -2.26. The van der Waals surface area contributed by atoms with Crippen LogP contribution in [0.2, 0.25) is 0 Å². The largest absolute Gasteiger partial charge is 0.450 e. The molecule has 0 aromatic heterocycles. The molecule has 1 N–H and O–H groups in total. The highest BCUT2D eigenvalue weighted by Gasteiger charge is 2.20. The molecule has 0 spiro atoms. The van der Waals surface area contributed by atoms with E-state index in [0.29, 0.717) is 19.6 Å². The molecule has 6 nitrogen and oxygen atoms in total. The van der Waals surface area contributed by atoms with E-state index >= 15 is 0 Å². The molecule has 2 atom stereocenters. The average molecular weight is 260 g/mol. The van der Waals surface area contributed by atoms with Crippen LogP contribution in [-0.4, -0.2) is 49.4 Å². The van der Waals surface area contributed by atoms with Gasteiger partial charge in [-0.15, -0.1) is 0 Å². The van der Waals surface area contributed by atoms with Crippen LogP contribution < -0.4 is 5.32 Å². The fourth-order valence-electron chi connectivity index (χ4n) is 1.46. The number of alkyl carbamates (subject to hydrolysis) is 1. The molecule has 0 rings (SSSR count). The predicted octanol–water partition coefficient (Wildman–Crippen LogP) is 1.99. The van der Waals surface area contributed by atoms with Crippen LogP contribution in [0, 0.1) is 0 Å². The molecule has 0 saturated carbocycles. The molecule has 0 aliphatic carbocycles. The summed E-state index contributed by atoms with van der Waals surface area (Å²) in [7, 11) is 1.67. The van der Waals surface area contributed by atoms with Gasteiger partial charge in [-0.3, -0.25) is 0 Å². The fourth-order valence-corrected chi connectivity index (χ4v) is 1.46. The van der Waals surface area contributed by atoms with Crippen LogP contribution in [0.4, 0.5) is 9.59 Å². The first kappa shape index (κ1) is 16.5. The maximum atomic E-state index is 11.5. The summed E-state index contributed by atoms with van der Waals surface area (Å²) in [5.41, 5.74) is 0. The van der Waals surface area contributed by atoms with Crippen molar-refractivity contribution in [3.8, 4) is 0 Å². The van der Waals surface area contributed by atoms with Gasteiger partial charge >= 0.3 is 12.2 Å². The molecule has 0 aromatic rings. The van der Waals surface area contributed by atoms with E-state index in [1.807, 2.05) is 13.8 Å². The van der Waals surface area contributed by atoms with Crippen molar-refractivity contribution < 1.29 is 19.1 Å². The van der Waals surface area contributed by atoms with Crippen molar-refractivity contribution in [2.45, 2.75) is 46.3 Å². The second-order valence-electron chi connectivity index (χ2n) is 4.14. The van der Waals surface area contributed by atoms with Crippen molar-refractivity contribution in [3.63, 3.8) is 0 Å². The zero-order valence-corrected chi connectivity index (χ0v) is 11.9. The van der Waals surface area contributed by atoms with Crippen molar-refractivity contribution >= 4 is 12.2 Å². The number of nitrogens with zero attached hydrogens (tertiary/aromatic N) is 1. The van der Waals surface area contributed by atoms with Crippen LogP contribution in [0.1, 0.15) is 34.1 Å². The lowest BCUT2D eigenvalue weighted by Crippen LogP contribution is -2.38. The summed E-state index contributed by atoms with van der Waals surface area (Å²) in [5, 5.41) is 2.56. The molecule has 0 aliphatic rings. The number of hydrogen-bond acceptors (Lipinski definition) is 4. The summed E-state index contributed by atoms with van der Waals surface area (Å²) in [6.07, 6.45) is -0.499. The maximum absolute atomic E-state index is 11.5. The van der Waals surface area contributed by atoms with Crippen molar-refractivity contribution in [3.05, 3.63) is 0 Å². The third-order valence-corrected chi connectivity index (χ3v) is 2.52. The normalized spacial score (nSPS) is 13.4. The Morgan fingerprint density at radius 2 is 1.89 bits per heavy atom. The van der Waals surface area contributed by atoms with Crippen molar-refractivity contribution in [2.24, 2.45) is 0 Å². The molecule has 106 valence electrons. The van der Waals surface area contributed by atoms with E-state index in [1.54, 1.807) is 20.9 Å². The Balaban J connectivity index is 4.09. The molecule has 0 aromatic carbocycles. The molecule has 0 heterocycles. The highest BCUT2D eigenvalue weighted by Crippen LogP contribution is 2.09. The van der Waals surface area contributed by atoms with Crippen LogP contribution in [0.5, 0.6) is 0 Å². The van der Waals surface area contributed by atoms with E-state index in [9.17, 15) is 9.59 Å². The van der Waals surface area contributed by atoms with Gasteiger partial charge in [0.15, 0.2) is 0 Å². The van der Waals surface area contributed by atoms with Crippen LogP contribution in [0.25, 0.3) is 0 Å². The molecule has 0 bridgehead atoms. The average Bonchev–Trinajstić information content (AvgIpc) is 2.28. The number of nitrogens with one attached hydrogen (secondary N) is 1. The van der Waals surface area contributed by atoms with Gasteiger partial charge in [-0.1, -0.05) is 0 Å². The third kappa shape index (κ3) is 6.32. The van der Waals surface area contributed by atoms with Gasteiger partial charge in [0.2, 0.25) is 0 Å². The number of rotatable bonds is 6. The Hall–Kier alpha value is -1.46. The number of amides is 2. The van der Waals surface area contributed by atoms with Gasteiger partial charge in [0.25, 0.3) is 0 Å². The first-order chi connectivity index (χ1) is 8.42. The van der Waals surface area contributed by atoms with Gasteiger partial charge in [0.1, 0.15) is 6.10 Å². The Bertz CT molecular complexity index is 271. The van der Waals surface area contributed by atoms with Crippen LogP contribution >= 0.6 is 0 Å². The molecule has 18 heavy (non-hydrogen) atoms. The quantitative estimate of drug-likeness (QED) is 0.793. The summed E-state index contributed by atoms with van der Waals surface area (Å²) in [6.45, 7) is 8.14. The number of ether oxygens (including phenoxy) is 2. The molecular formula is C12H24N2O4. The van der Waals surface area contributed by atoms with Crippen molar-refractivity contribution in [1.29, 1.82) is 0 Å². The summed E-state index contributed by atoms with van der Waals surface area (Å²) < 4.78 is 10.0. The first-order valence-electron chi connectivity index (χ1n) is 6.26. The Kier molecular flexibility index (Phi) is 7.91. The Labute approximate surface area is 109 Å². The highest BCUT2D eigenvalue weighted by atomic mass is 16.6. The Morgan fingerprint density at radius 3 is 2.39 bits per heavy atom. The minimum atomic E-state index is -0.434. The van der Waals surface area contributed by atoms with Crippen molar-refractivity contribution in [1.82, 2.24) is 10.2 Å². The lowest BCUT2D eigenvalue weighted by molar-refractivity contribution is 0.0730. The minimum absolute atomic E-state index is 0.0616. The topological polar surface area (TPSA) is 67.9 Å². The summed E-state index contributed by atoms with van der Waals surface area (Å²) in [6, 6.07) is -0.0616. The first-order valence-corrected chi connectivity index (χ1v) is 6.26. The van der Waals surface area contributed by atoms with Gasteiger partial charge < -0.3 is 19.7 Å². The van der Waals surface area contributed by atoms with Gasteiger partial charge in [0, 0.05) is 26.1 Å². The standard InChI is InChI=1S/C12H24N2O4/c1-6-13-11(15)18-10(4)8-9(3)14(5)12(16)17-7-2/h9-10H,6-8H2,1-5H3,(H,13,15). The molecule has 0 radical (unpaired) electrons. The second kappa shape index (κ2) is 8.60. The minimum Gasteiger partial charge on any atom is -0.450 e. The highest BCUT2D eigenvalue weighted by molar-refractivity contribution is 5.68. The van der Waals surface area contributed by atoms with E-state index in [-0.39, 0.29) is 18.2 Å². The second-order valence-corrected chi connectivity index (χ2v) is 4.14. The van der Waals surface area contributed by atoms with Gasteiger partial charge in [0.05, 0.1) is 6.61 Å². The molecule has 0 saturated heterocycles. The van der Waals surface area contributed by atoms with Crippen molar-refractivity contribution in [2.75, 3.05) is 20.2 Å². The zero-order chi connectivity index (χ0) is 14.1.